The van der Waals surface area contributed by atoms with Crippen LogP contribution < -0.4 is 5.32 Å². The van der Waals surface area contributed by atoms with Gasteiger partial charge in [0, 0.05) is 13.2 Å². The number of ether oxygens (including phenoxy) is 1. The van der Waals surface area contributed by atoms with Crippen molar-refractivity contribution in [1.29, 1.82) is 0 Å². The molecule has 1 rings (SSSR count). The van der Waals surface area contributed by atoms with Gasteiger partial charge in [0.2, 0.25) is 0 Å². The van der Waals surface area contributed by atoms with Gasteiger partial charge in [-0.05, 0) is 41.6 Å². The van der Waals surface area contributed by atoms with Crippen molar-refractivity contribution in [3.63, 3.8) is 0 Å². The van der Waals surface area contributed by atoms with Gasteiger partial charge in [-0.1, -0.05) is 27.7 Å². The topological polar surface area (TPSA) is 47.0 Å². The monoisotopic (exact) mass is 343 g/mol. The fourth-order valence-electron chi connectivity index (χ4n) is 1.98. The second kappa shape index (κ2) is 8.57. The number of aromatic nitrogens is 2. The Bertz CT molecular complexity index is 424. The van der Waals surface area contributed by atoms with Gasteiger partial charge in [-0.3, -0.25) is 0 Å². The van der Waals surface area contributed by atoms with Crippen LogP contribution in [0.5, 0.6) is 0 Å². The highest BCUT2D eigenvalue weighted by molar-refractivity contribution is 9.10. The Balaban J connectivity index is 3.17. The Morgan fingerprint density at radius 1 is 1.20 bits per heavy atom. The number of aryl methyl sites for hydroxylation is 1. The molecule has 114 valence electrons. The maximum atomic E-state index is 5.82. The van der Waals surface area contributed by atoms with Crippen LogP contribution in [0, 0.1) is 5.92 Å². The van der Waals surface area contributed by atoms with Crippen molar-refractivity contribution in [1.82, 2.24) is 9.97 Å². The minimum Gasteiger partial charge on any atom is -0.370 e. The van der Waals surface area contributed by atoms with E-state index in [1.54, 1.807) is 0 Å². The molecular formula is C15H26BrN3O. The number of anilines is 1. The van der Waals surface area contributed by atoms with E-state index < -0.39 is 0 Å². The molecule has 1 heterocycles. The van der Waals surface area contributed by atoms with Gasteiger partial charge in [0.25, 0.3) is 0 Å². The molecule has 5 heteroatoms. The lowest BCUT2D eigenvalue weighted by atomic mass is 10.1. The van der Waals surface area contributed by atoms with Crippen LogP contribution >= 0.6 is 15.9 Å². The van der Waals surface area contributed by atoms with Gasteiger partial charge in [0.1, 0.15) is 11.9 Å². The van der Waals surface area contributed by atoms with Crippen molar-refractivity contribution in [2.45, 2.75) is 53.6 Å². The normalized spacial score (nSPS) is 12.8. The summed E-state index contributed by atoms with van der Waals surface area (Å²) < 4.78 is 6.79. The van der Waals surface area contributed by atoms with Crippen molar-refractivity contribution >= 4 is 21.7 Å². The summed E-state index contributed by atoms with van der Waals surface area (Å²) in [5.74, 6) is 2.00. The summed E-state index contributed by atoms with van der Waals surface area (Å²) in [6, 6.07) is 0. The van der Waals surface area contributed by atoms with Gasteiger partial charge in [0.15, 0.2) is 5.82 Å². The third kappa shape index (κ3) is 4.42. The highest BCUT2D eigenvalue weighted by Gasteiger charge is 2.22. The first-order valence-corrected chi connectivity index (χ1v) is 8.26. The SMILES string of the molecule is CCCNc1nc(C(OCC)C(C)C)nc(CC)c1Br. The fraction of sp³-hybridized carbons (Fsp3) is 0.733. The molecule has 0 saturated carbocycles. The molecule has 0 saturated heterocycles. The van der Waals surface area contributed by atoms with Crippen LogP contribution in [0.1, 0.15) is 58.7 Å². The van der Waals surface area contributed by atoms with Crippen molar-refractivity contribution in [3.05, 3.63) is 16.0 Å². The summed E-state index contributed by atoms with van der Waals surface area (Å²) in [4.78, 5) is 9.34. The molecule has 0 amide bonds. The van der Waals surface area contributed by atoms with Crippen LogP contribution in [0.4, 0.5) is 5.82 Å². The number of hydrogen-bond donors (Lipinski definition) is 1. The molecule has 20 heavy (non-hydrogen) atoms. The second-order valence-electron chi connectivity index (χ2n) is 5.09. The number of halogens is 1. The Labute approximate surface area is 130 Å². The molecular weight excluding hydrogens is 318 g/mol. The van der Waals surface area contributed by atoms with Gasteiger partial charge >= 0.3 is 0 Å². The predicted molar refractivity (Wildman–Crippen MR) is 87.1 cm³/mol. The van der Waals surface area contributed by atoms with E-state index in [0.29, 0.717) is 12.5 Å². The standard InChI is InChI=1S/C15H26BrN3O/c1-6-9-17-14-12(16)11(7-2)18-15(19-14)13(10(4)5)20-8-3/h10,13H,6-9H2,1-5H3,(H,17,18,19). The van der Waals surface area contributed by atoms with Gasteiger partial charge in [-0.25, -0.2) is 9.97 Å². The van der Waals surface area contributed by atoms with Crippen LogP contribution in [0.15, 0.2) is 4.47 Å². The average Bonchev–Trinajstić information content (AvgIpc) is 2.43. The molecule has 0 aliphatic carbocycles. The highest BCUT2D eigenvalue weighted by atomic mass is 79.9. The molecule has 0 aliphatic heterocycles. The molecule has 1 aromatic rings. The van der Waals surface area contributed by atoms with Gasteiger partial charge in [-0.15, -0.1) is 0 Å². The minimum absolute atomic E-state index is 0.0550. The highest BCUT2D eigenvalue weighted by Crippen LogP contribution is 2.29. The largest absolute Gasteiger partial charge is 0.370 e. The summed E-state index contributed by atoms with van der Waals surface area (Å²) >= 11 is 3.60. The van der Waals surface area contributed by atoms with Crippen molar-refractivity contribution in [2.75, 3.05) is 18.5 Å². The van der Waals surface area contributed by atoms with Gasteiger partial charge in [0.05, 0.1) is 10.2 Å². The minimum atomic E-state index is -0.0550. The van der Waals surface area contributed by atoms with E-state index >= 15 is 0 Å². The Kier molecular flexibility index (Phi) is 7.45. The van der Waals surface area contributed by atoms with E-state index in [4.69, 9.17) is 4.74 Å². The fourth-order valence-corrected chi connectivity index (χ4v) is 2.58. The first-order valence-electron chi connectivity index (χ1n) is 7.46. The second-order valence-corrected chi connectivity index (χ2v) is 5.88. The summed E-state index contributed by atoms with van der Waals surface area (Å²) in [7, 11) is 0. The molecule has 0 fully saturated rings. The van der Waals surface area contributed by atoms with Gasteiger partial charge < -0.3 is 10.1 Å². The van der Waals surface area contributed by atoms with Crippen molar-refractivity contribution in [3.8, 4) is 0 Å². The zero-order valence-corrected chi connectivity index (χ0v) is 14.7. The number of nitrogens with zero attached hydrogens (tertiary/aromatic N) is 2. The molecule has 1 N–H and O–H groups in total. The summed E-state index contributed by atoms with van der Waals surface area (Å²) in [6.45, 7) is 12.1. The number of rotatable bonds is 8. The quantitative estimate of drug-likeness (QED) is 0.761. The molecule has 0 radical (unpaired) electrons. The first kappa shape index (κ1) is 17.4. The molecule has 0 spiro atoms. The first-order chi connectivity index (χ1) is 9.54. The molecule has 4 nitrogen and oxygen atoms in total. The van der Waals surface area contributed by atoms with E-state index in [9.17, 15) is 0 Å². The lowest BCUT2D eigenvalue weighted by Crippen LogP contribution is -2.17. The third-order valence-corrected chi connectivity index (χ3v) is 3.85. The van der Waals surface area contributed by atoms with E-state index in [-0.39, 0.29) is 6.10 Å². The number of hydrogen-bond acceptors (Lipinski definition) is 4. The van der Waals surface area contributed by atoms with E-state index in [2.05, 4.69) is 58.9 Å². The molecule has 1 unspecified atom stereocenters. The summed E-state index contributed by atoms with van der Waals surface area (Å²) in [5, 5.41) is 3.36. The Hall–Kier alpha value is -0.680. The predicted octanol–water partition coefficient (Wildman–Crippen LogP) is 4.36. The Morgan fingerprint density at radius 2 is 1.90 bits per heavy atom. The Morgan fingerprint density at radius 3 is 2.40 bits per heavy atom. The molecule has 1 atom stereocenters. The van der Waals surface area contributed by atoms with Crippen molar-refractivity contribution < 1.29 is 4.74 Å². The average molecular weight is 344 g/mol. The zero-order valence-electron chi connectivity index (χ0n) is 13.2. The molecule has 0 aliphatic rings. The summed E-state index contributed by atoms with van der Waals surface area (Å²) in [5.41, 5.74) is 1.03. The third-order valence-electron chi connectivity index (χ3n) is 3.02. The van der Waals surface area contributed by atoms with Crippen LogP contribution in [0.3, 0.4) is 0 Å². The lowest BCUT2D eigenvalue weighted by molar-refractivity contribution is 0.0231. The maximum Gasteiger partial charge on any atom is 0.160 e. The van der Waals surface area contributed by atoms with Crippen LogP contribution in [0.2, 0.25) is 0 Å². The van der Waals surface area contributed by atoms with E-state index in [0.717, 1.165) is 41.2 Å². The maximum absolute atomic E-state index is 5.82. The van der Waals surface area contributed by atoms with Gasteiger partial charge in [-0.2, -0.15) is 0 Å². The zero-order chi connectivity index (χ0) is 15.1. The molecule has 1 aromatic heterocycles. The van der Waals surface area contributed by atoms with Crippen LogP contribution in [-0.4, -0.2) is 23.1 Å². The molecule has 0 bridgehead atoms. The summed E-state index contributed by atoms with van der Waals surface area (Å²) in [6.07, 6.45) is 1.88. The van der Waals surface area contributed by atoms with Crippen LogP contribution in [-0.2, 0) is 11.2 Å². The number of nitrogens with one attached hydrogen (secondary N) is 1. The van der Waals surface area contributed by atoms with E-state index in [1.165, 1.54) is 0 Å². The smallest absolute Gasteiger partial charge is 0.160 e. The van der Waals surface area contributed by atoms with Crippen molar-refractivity contribution in [2.24, 2.45) is 5.92 Å². The van der Waals surface area contributed by atoms with E-state index in [1.807, 2.05) is 6.92 Å². The molecule has 0 aromatic carbocycles. The lowest BCUT2D eigenvalue weighted by Gasteiger charge is -2.21. The van der Waals surface area contributed by atoms with Crippen LogP contribution in [0.25, 0.3) is 0 Å².